The Morgan fingerprint density at radius 1 is 1.43 bits per heavy atom. The third-order valence-corrected chi connectivity index (χ3v) is 2.57. The van der Waals surface area contributed by atoms with Crippen molar-refractivity contribution in [2.45, 2.75) is 12.8 Å². The van der Waals surface area contributed by atoms with E-state index >= 15 is 0 Å². The van der Waals surface area contributed by atoms with Gasteiger partial charge in [-0.3, -0.25) is 0 Å². The number of ether oxygens (including phenoxy) is 1. The van der Waals surface area contributed by atoms with Gasteiger partial charge in [-0.2, -0.15) is 4.39 Å². The molecule has 0 aromatic carbocycles. The van der Waals surface area contributed by atoms with Crippen LogP contribution in [0.1, 0.15) is 10.5 Å². The van der Waals surface area contributed by atoms with E-state index in [0.29, 0.717) is 0 Å². The van der Waals surface area contributed by atoms with Crippen LogP contribution in [-0.4, -0.2) is 38.6 Å². The normalized spacial score (nSPS) is 12.4. The molecule has 1 unspecified atom stereocenters. The first-order valence-electron chi connectivity index (χ1n) is 5.43. The van der Waals surface area contributed by atoms with Crippen molar-refractivity contribution in [2.24, 2.45) is 0 Å². The molecule has 0 radical (unpaired) electrons. The Morgan fingerprint density at radius 2 is 2.14 bits per heavy atom. The maximum absolute atomic E-state index is 12.8. The number of rotatable bonds is 5. The highest BCUT2D eigenvalue weighted by atomic mass is 35.5. The van der Waals surface area contributed by atoms with E-state index in [9.17, 15) is 18.0 Å². The number of carboxylic acids is 1. The molecule has 0 aliphatic carbocycles. The number of aromatic nitrogens is 3. The molecule has 0 aliphatic heterocycles. The van der Waals surface area contributed by atoms with Crippen molar-refractivity contribution in [2.75, 3.05) is 0 Å². The van der Waals surface area contributed by atoms with Gasteiger partial charge < -0.3 is 9.84 Å². The van der Waals surface area contributed by atoms with Crippen molar-refractivity contribution in [3.8, 4) is 11.7 Å². The molecule has 0 aliphatic rings. The highest BCUT2D eigenvalue weighted by molar-refractivity contribution is 6.32. The number of aromatic carboxylic acids is 1. The van der Waals surface area contributed by atoms with Crippen LogP contribution in [0.3, 0.4) is 0 Å². The van der Waals surface area contributed by atoms with Crippen molar-refractivity contribution in [1.29, 1.82) is 0 Å². The second kappa shape index (κ2) is 6.00. The Balaban J connectivity index is 2.44. The summed E-state index contributed by atoms with van der Waals surface area (Å²) in [6.07, 6.45) is -4.98. The SMILES string of the molecule is O=C(O)c1cc(OC(F)C(F)F)nn1-c1ncccc1Cl. The zero-order chi connectivity index (χ0) is 15.6. The molecule has 1 atom stereocenters. The first-order valence-corrected chi connectivity index (χ1v) is 5.81. The zero-order valence-electron chi connectivity index (χ0n) is 10.1. The number of carboxylic acid groups (broad SMARTS) is 1. The molecule has 21 heavy (non-hydrogen) atoms. The third kappa shape index (κ3) is 3.24. The van der Waals surface area contributed by atoms with Gasteiger partial charge in [0, 0.05) is 12.3 Å². The minimum absolute atomic E-state index is 0.0566. The van der Waals surface area contributed by atoms with Crippen molar-refractivity contribution in [3.05, 3.63) is 35.1 Å². The summed E-state index contributed by atoms with van der Waals surface area (Å²) in [5.74, 6) is -2.12. The van der Waals surface area contributed by atoms with E-state index in [1.165, 1.54) is 18.3 Å². The first-order chi connectivity index (χ1) is 9.90. The largest absolute Gasteiger partial charge is 0.477 e. The van der Waals surface area contributed by atoms with E-state index < -0.39 is 30.3 Å². The quantitative estimate of drug-likeness (QED) is 0.915. The van der Waals surface area contributed by atoms with Gasteiger partial charge in [0.1, 0.15) is 0 Å². The van der Waals surface area contributed by atoms with Gasteiger partial charge in [-0.1, -0.05) is 11.6 Å². The lowest BCUT2D eigenvalue weighted by molar-refractivity contribution is -0.0691. The number of halogens is 4. The van der Waals surface area contributed by atoms with Gasteiger partial charge in [0.25, 0.3) is 6.36 Å². The Kier molecular flexibility index (Phi) is 4.32. The summed E-state index contributed by atoms with van der Waals surface area (Å²) in [4.78, 5) is 14.9. The van der Waals surface area contributed by atoms with Crippen molar-refractivity contribution < 1.29 is 27.8 Å². The van der Waals surface area contributed by atoms with Crippen LogP contribution in [0.4, 0.5) is 13.2 Å². The Morgan fingerprint density at radius 3 is 2.71 bits per heavy atom. The van der Waals surface area contributed by atoms with Crippen LogP contribution in [0, 0.1) is 0 Å². The molecule has 2 aromatic heterocycles. The minimum atomic E-state index is -3.39. The molecule has 2 rings (SSSR count). The number of carbonyl (C=O) groups is 1. The Bertz CT molecular complexity index is 665. The molecule has 6 nitrogen and oxygen atoms in total. The van der Waals surface area contributed by atoms with Gasteiger partial charge in [-0.05, 0) is 12.1 Å². The summed E-state index contributed by atoms with van der Waals surface area (Å²) < 4.78 is 42.0. The summed E-state index contributed by atoms with van der Waals surface area (Å²) in [6.45, 7) is 0. The Labute approximate surface area is 120 Å². The predicted molar refractivity (Wildman–Crippen MR) is 64.9 cm³/mol. The lowest BCUT2D eigenvalue weighted by atomic mass is 10.4. The maximum Gasteiger partial charge on any atom is 0.354 e. The van der Waals surface area contributed by atoms with Crippen LogP contribution in [0.25, 0.3) is 5.82 Å². The van der Waals surface area contributed by atoms with Crippen LogP contribution in [0.2, 0.25) is 5.02 Å². The monoisotopic (exact) mass is 321 g/mol. The maximum atomic E-state index is 12.8. The topological polar surface area (TPSA) is 77.2 Å². The zero-order valence-corrected chi connectivity index (χ0v) is 10.8. The van der Waals surface area contributed by atoms with Gasteiger partial charge in [0.05, 0.1) is 5.02 Å². The number of alkyl halides is 3. The van der Waals surface area contributed by atoms with Crippen LogP contribution >= 0.6 is 11.6 Å². The van der Waals surface area contributed by atoms with Crippen LogP contribution in [-0.2, 0) is 0 Å². The molecule has 0 bridgehead atoms. The highest BCUT2D eigenvalue weighted by Gasteiger charge is 2.25. The molecule has 0 saturated carbocycles. The van der Waals surface area contributed by atoms with E-state index in [-0.39, 0.29) is 10.8 Å². The van der Waals surface area contributed by atoms with Crippen molar-refractivity contribution >= 4 is 17.6 Å². The molecule has 0 spiro atoms. The fourth-order valence-electron chi connectivity index (χ4n) is 1.43. The van der Waals surface area contributed by atoms with Crippen molar-refractivity contribution in [1.82, 2.24) is 14.8 Å². The second-order valence-corrected chi connectivity index (χ2v) is 4.10. The molecule has 0 fully saturated rings. The number of hydrogen-bond donors (Lipinski definition) is 1. The van der Waals surface area contributed by atoms with E-state index in [1.807, 2.05) is 0 Å². The molecular formula is C11H7ClF3N3O3. The molecule has 0 saturated heterocycles. The molecule has 10 heteroatoms. The summed E-state index contributed by atoms with van der Waals surface area (Å²) >= 11 is 5.85. The van der Waals surface area contributed by atoms with Gasteiger partial charge in [-0.25, -0.2) is 23.2 Å². The number of hydrogen-bond acceptors (Lipinski definition) is 4. The molecular weight excluding hydrogens is 315 g/mol. The average molecular weight is 322 g/mol. The summed E-state index contributed by atoms with van der Waals surface area (Å²) in [7, 11) is 0. The van der Waals surface area contributed by atoms with E-state index in [1.54, 1.807) is 0 Å². The van der Waals surface area contributed by atoms with Gasteiger partial charge >= 0.3 is 12.4 Å². The standard InChI is InChI=1S/C11H7ClF3N3O3/c12-5-2-1-3-16-10(5)18-6(11(19)20)4-7(17-18)21-9(15)8(13)14/h1-4,8-9H,(H,19,20). The van der Waals surface area contributed by atoms with Gasteiger partial charge in [0.2, 0.25) is 5.88 Å². The molecule has 0 amide bonds. The van der Waals surface area contributed by atoms with E-state index in [0.717, 1.165) is 10.7 Å². The second-order valence-electron chi connectivity index (χ2n) is 3.70. The molecule has 1 N–H and O–H groups in total. The average Bonchev–Trinajstić information content (AvgIpc) is 2.83. The van der Waals surface area contributed by atoms with Crippen LogP contribution in [0.15, 0.2) is 24.4 Å². The minimum Gasteiger partial charge on any atom is -0.477 e. The highest BCUT2D eigenvalue weighted by Crippen LogP contribution is 2.23. The fourth-order valence-corrected chi connectivity index (χ4v) is 1.63. The number of pyridine rings is 1. The van der Waals surface area contributed by atoms with Crippen molar-refractivity contribution in [3.63, 3.8) is 0 Å². The van der Waals surface area contributed by atoms with Crippen LogP contribution in [0.5, 0.6) is 5.88 Å². The first kappa shape index (κ1) is 15.1. The van der Waals surface area contributed by atoms with E-state index in [4.69, 9.17) is 16.7 Å². The fraction of sp³-hybridized carbons (Fsp3) is 0.182. The van der Waals surface area contributed by atoms with Crippen LogP contribution < -0.4 is 4.74 Å². The van der Waals surface area contributed by atoms with E-state index in [2.05, 4.69) is 14.8 Å². The Hall–Kier alpha value is -2.29. The molecule has 112 valence electrons. The summed E-state index contributed by atoms with van der Waals surface area (Å²) in [5, 5.41) is 12.7. The summed E-state index contributed by atoms with van der Waals surface area (Å²) in [5.41, 5.74) is -0.466. The van der Waals surface area contributed by atoms with Gasteiger partial charge in [-0.15, -0.1) is 5.10 Å². The lowest BCUT2D eigenvalue weighted by Gasteiger charge is -2.07. The predicted octanol–water partition coefficient (Wildman–Crippen LogP) is 2.56. The molecule has 2 heterocycles. The smallest absolute Gasteiger partial charge is 0.354 e. The number of nitrogens with zero attached hydrogens (tertiary/aromatic N) is 3. The summed E-state index contributed by atoms with van der Waals surface area (Å²) in [6, 6.07) is 3.72. The van der Waals surface area contributed by atoms with Gasteiger partial charge in [0.15, 0.2) is 11.5 Å². The lowest BCUT2D eigenvalue weighted by Crippen LogP contribution is -2.19. The third-order valence-electron chi connectivity index (χ3n) is 2.28. The molecule has 2 aromatic rings.